The van der Waals surface area contributed by atoms with E-state index < -0.39 is 0 Å². The smallest absolute Gasteiger partial charge is 0.135 e. The summed E-state index contributed by atoms with van der Waals surface area (Å²) in [7, 11) is 0. The van der Waals surface area contributed by atoms with E-state index >= 15 is 0 Å². The van der Waals surface area contributed by atoms with E-state index in [1.165, 1.54) is 0 Å². The van der Waals surface area contributed by atoms with Crippen molar-refractivity contribution in [1.82, 2.24) is 0 Å². The Morgan fingerprint density at radius 3 is 1.00 bits per heavy atom. The summed E-state index contributed by atoms with van der Waals surface area (Å²) in [6.07, 6.45) is 0. The fourth-order valence-corrected chi connectivity index (χ4v) is 4.31. The first-order valence-corrected chi connectivity index (χ1v) is 10.9. The van der Waals surface area contributed by atoms with Crippen LogP contribution in [0, 0.1) is 0 Å². The lowest BCUT2D eigenvalue weighted by atomic mass is 9.83. The van der Waals surface area contributed by atoms with E-state index in [4.69, 9.17) is 0 Å². The van der Waals surface area contributed by atoms with E-state index in [0.29, 0.717) is 38.9 Å². The minimum atomic E-state index is -0.0595. The molecule has 0 aromatic heterocycles. The molecule has 0 heterocycles. The standard InChI is InChI=1S/C30H22O4/c31-23-15-11-21(12-16-23)26-25(19-7-3-1-4-8-19)27(22-13-17-24(32)18-14-22)30(34)28(29(26)33)20-9-5-2-6-10-20/h1-18,31-34H. The third-order valence-electron chi connectivity index (χ3n) is 5.88. The quantitative estimate of drug-likeness (QED) is 0.236. The van der Waals surface area contributed by atoms with Gasteiger partial charge in [0, 0.05) is 16.7 Å². The molecule has 0 fully saturated rings. The fraction of sp³-hybridized carbons (Fsp3) is 0. The number of phenolic OH excluding ortho intramolecular Hbond substituents is 4. The summed E-state index contributed by atoms with van der Waals surface area (Å²) in [5.41, 5.74) is 4.86. The number of phenols is 4. The van der Waals surface area contributed by atoms with Crippen molar-refractivity contribution < 1.29 is 20.4 Å². The summed E-state index contributed by atoms with van der Waals surface area (Å²) in [4.78, 5) is 0. The lowest BCUT2D eigenvalue weighted by molar-refractivity contribution is 0.457. The first kappa shape index (κ1) is 21.2. The van der Waals surface area contributed by atoms with Crippen LogP contribution in [0.4, 0.5) is 0 Å². The number of hydrogen-bond acceptors (Lipinski definition) is 4. The van der Waals surface area contributed by atoms with Gasteiger partial charge >= 0.3 is 0 Å². The monoisotopic (exact) mass is 446 g/mol. The Morgan fingerprint density at radius 1 is 0.294 bits per heavy atom. The van der Waals surface area contributed by atoms with Crippen molar-refractivity contribution in [2.75, 3.05) is 0 Å². The first-order valence-electron chi connectivity index (χ1n) is 10.9. The van der Waals surface area contributed by atoms with Crippen LogP contribution in [0.25, 0.3) is 44.5 Å². The molecule has 166 valence electrons. The Morgan fingerprint density at radius 2 is 0.618 bits per heavy atom. The Balaban J connectivity index is 1.97. The molecule has 5 aromatic carbocycles. The Hall–Kier alpha value is -4.70. The molecule has 0 saturated carbocycles. The average Bonchev–Trinajstić information content (AvgIpc) is 2.86. The van der Waals surface area contributed by atoms with Crippen LogP contribution in [-0.4, -0.2) is 20.4 Å². The summed E-state index contributed by atoms with van der Waals surface area (Å²) in [6, 6.07) is 32.0. The number of aromatic hydroxyl groups is 4. The van der Waals surface area contributed by atoms with Crippen LogP contribution < -0.4 is 0 Å². The Labute approximate surface area is 197 Å². The highest BCUT2D eigenvalue weighted by Crippen LogP contribution is 2.55. The molecule has 4 nitrogen and oxygen atoms in total. The summed E-state index contributed by atoms with van der Waals surface area (Å²) in [6.45, 7) is 0. The van der Waals surface area contributed by atoms with Crippen molar-refractivity contribution in [3.05, 3.63) is 109 Å². The molecule has 4 N–H and O–H groups in total. The molecule has 0 atom stereocenters. The maximum absolute atomic E-state index is 11.6. The maximum Gasteiger partial charge on any atom is 0.135 e. The van der Waals surface area contributed by atoms with Crippen LogP contribution in [0.15, 0.2) is 109 Å². The van der Waals surface area contributed by atoms with Crippen molar-refractivity contribution in [3.8, 4) is 67.5 Å². The van der Waals surface area contributed by atoms with Crippen molar-refractivity contribution in [2.45, 2.75) is 0 Å². The zero-order valence-electron chi connectivity index (χ0n) is 18.2. The SMILES string of the molecule is Oc1ccc(-c2c(O)c(-c3ccccc3)c(O)c(-c3ccc(O)cc3)c2-c2ccccc2)cc1. The third kappa shape index (κ3) is 3.71. The second-order valence-corrected chi connectivity index (χ2v) is 8.02. The van der Waals surface area contributed by atoms with Gasteiger partial charge in [0.25, 0.3) is 0 Å². The van der Waals surface area contributed by atoms with E-state index in [2.05, 4.69) is 0 Å². The van der Waals surface area contributed by atoms with Crippen LogP contribution in [0.5, 0.6) is 23.0 Å². The van der Waals surface area contributed by atoms with Crippen LogP contribution >= 0.6 is 0 Å². The van der Waals surface area contributed by atoms with Gasteiger partial charge < -0.3 is 20.4 Å². The molecule has 4 heteroatoms. The summed E-state index contributed by atoms with van der Waals surface area (Å²) in [5.74, 6) is 0.113. The van der Waals surface area contributed by atoms with Crippen LogP contribution in [0.2, 0.25) is 0 Å². The second kappa shape index (κ2) is 8.68. The van der Waals surface area contributed by atoms with Crippen LogP contribution in [0.1, 0.15) is 0 Å². The van der Waals surface area contributed by atoms with Crippen molar-refractivity contribution in [2.24, 2.45) is 0 Å². The first-order chi connectivity index (χ1) is 16.5. The van der Waals surface area contributed by atoms with Gasteiger partial charge in [0.2, 0.25) is 0 Å². The summed E-state index contributed by atoms with van der Waals surface area (Å²) in [5, 5.41) is 43.0. The normalized spacial score (nSPS) is 10.8. The molecule has 34 heavy (non-hydrogen) atoms. The van der Waals surface area contributed by atoms with Crippen molar-refractivity contribution in [3.63, 3.8) is 0 Å². The molecule has 0 bridgehead atoms. The van der Waals surface area contributed by atoms with E-state index in [9.17, 15) is 20.4 Å². The Kier molecular flexibility index (Phi) is 5.40. The van der Waals surface area contributed by atoms with Gasteiger partial charge in [0.05, 0.1) is 5.56 Å². The fourth-order valence-electron chi connectivity index (χ4n) is 4.31. The van der Waals surface area contributed by atoms with Gasteiger partial charge in [-0.25, -0.2) is 0 Å². The highest BCUT2D eigenvalue weighted by molar-refractivity contribution is 6.05. The lowest BCUT2D eigenvalue weighted by Gasteiger charge is -2.23. The predicted molar refractivity (Wildman–Crippen MR) is 135 cm³/mol. The molecule has 0 spiro atoms. The van der Waals surface area contributed by atoms with E-state index in [-0.39, 0.29) is 23.0 Å². The van der Waals surface area contributed by atoms with Gasteiger partial charge in [0.15, 0.2) is 0 Å². The molecule has 0 amide bonds. The molecule has 0 aliphatic carbocycles. The molecule has 5 rings (SSSR count). The molecule has 0 unspecified atom stereocenters. The molecule has 0 saturated heterocycles. The third-order valence-corrected chi connectivity index (χ3v) is 5.88. The van der Waals surface area contributed by atoms with Crippen LogP contribution in [0.3, 0.4) is 0 Å². The largest absolute Gasteiger partial charge is 0.508 e. The van der Waals surface area contributed by atoms with Gasteiger partial charge in [-0.15, -0.1) is 0 Å². The minimum Gasteiger partial charge on any atom is -0.508 e. The molecule has 0 aliphatic heterocycles. The molecule has 0 aliphatic rings. The van der Waals surface area contributed by atoms with Gasteiger partial charge in [-0.2, -0.15) is 0 Å². The maximum atomic E-state index is 11.6. The molecule has 5 aromatic rings. The summed E-state index contributed by atoms with van der Waals surface area (Å²) >= 11 is 0. The highest BCUT2D eigenvalue weighted by atomic mass is 16.3. The van der Waals surface area contributed by atoms with Crippen molar-refractivity contribution in [1.29, 1.82) is 0 Å². The molecular weight excluding hydrogens is 424 g/mol. The van der Waals surface area contributed by atoms with Gasteiger partial charge in [-0.1, -0.05) is 84.9 Å². The highest BCUT2D eigenvalue weighted by Gasteiger charge is 2.27. The van der Waals surface area contributed by atoms with Gasteiger partial charge in [-0.05, 0) is 46.5 Å². The Bertz CT molecular complexity index is 1370. The zero-order valence-corrected chi connectivity index (χ0v) is 18.2. The second-order valence-electron chi connectivity index (χ2n) is 8.02. The lowest BCUT2D eigenvalue weighted by Crippen LogP contribution is -1.96. The average molecular weight is 447 g/mol. The predicted octanol–water partition coefficient (Wildman–Crippen LogP) is 7.18. The summed E-state index contributed by atoms with van der Waals surface area (Å²) < 4.78 is 0. The van der Waals surface area contributed by atoms with Gasteiger partial charge in [0.1, 0.15) is 23.0 Å². The molecular formula is C30H22O4. The number of rotatable bonds is 4. The van der Waals surface area contributed by atoms with Crippen LogP contribution in [-0.2, 0) is 0 Å². The molecule has 0 radical (unpaired) electrons. The topological polar surface area (TPSA) is 80.9 Å². The van der Waals surface area contributed by atoms with Gasteiger partial charge in [-0.3, -0.25) is 0 Å². The zero-order chi connectivity index (χ0) is 23.7. The van der Waals surface area contributed by atoms with E-state index in [0.717, 1.165) is 5.56 Å². The van der Waals surface area contributed by atoms with E-state index in [1.807, 2.05) is 60.7 Å². The van der Waals surface area contributed by atoms with Crippen molar-refractivity contribution >= 4 is 0 Å². The van der Waals surface area contributed by atoms with E-state index in [1.54, 1.807) is 48.5 Å². The minimum absolute atomic E-state index is 0.0595. The number of hydrogen-bond donors (Lipinski definition) is 4. The number of benzene rings is 5.